The fraction of sp³-hybridized carbons (Fsp3) is 0.103. The van der Waals surface area contributed by atoms with Gasteiger partial charge in [0.15, 0.2) is 0 Å². The quantitative estimate of drug-likeness (QED) is 0.217. The molecule has 0 heterocycles. The molecule has 0 fully saturated rings. The lowest BCUT2D eigenvalue weighted by Crippen LogP contribution is -2.47. The van der Waals surface area contributed by atoms with Crippen molar-refractivity contribution >= 4 is 55.1 Å². The van der Waals surface area contributed by atoms with Gasteiger partial charge in [-0.2, -0.15) is 0 Å². The Kier molecular flexibility index (Phi) is 6.29. The van der Waals surface area contributed by atoms with Crippen molar-refractivity contribution in [1.29, 1.82) is 0 Å². The summed E-state index contributed by atoms with van der Waals surface area (Å²) in [7, 11) is 0. The molecule has 0 saturated carbocycles. The molecular weight excluding hydrogens is 439 g/mol. The molecule has 4 aromatic carbocycles. The van der Waals surface area contributed by atoms with Crippen LogP contribution in [0.5, 0.6) is 0 Å². The van der Waals surface area contributed by atoms with Gasteiger partial charge >= 0.3 is 0 Å². The van der Waals surface area contributed by atoms with Gasteiger partial charge in [0, 0.05) is 4.48 Å². The molecule has 31 heavy (non-hydrogen) atoms. The van der Waals surface area contributed by atoms with Crippen LogP contribution < -0.4 is 10.9 Å². The molecule has 4 aromatic rings. The smallest absolute Gasteiger partial charge is 0.0938 e. The molecule has 0 aliphatic heterocycles. The lowest BCUT2D eigenvalue weighted by Gasteiger charge is -2.23. The summed E-state index contributed by atoms with van der Waals surface area (Å²) in [6.45, 7) is 10.8. The summed E-state index contributed by atoms with van der Waals surface area (Å²) < 4.78 is 0.871. The lowest BCUT2D eigenvalue weighted by molar-refractivity contribution is 1.50. The van der Waals surface area contributed by atoms with E-state index in [-0.39, 0.29) is 6.71 Å². The van der Waals surface area contributed by atoms with Gasteiger partial charge in [-0.1, -0.05) is 142 Å². The van der Waals surface area contributed by atoms with E-state index in [1.165, 1.54) is 49.1 Å². The van der Waals surface area contributed by atoms with Crippen molar-refractivity contribution in [3.63, 3.8) is 0 Å². The average Bonchev–Trinajstić information content (AvgIpc) is 2.76. The molecule has 0 nitrogen and oxygen atoms in total. The third kappa shape index (κ3) is 4.31. The molecule has 2 heteroatoms. The fourth-order valence-corrected chi connectivity index (χ4v) is 4.73. The molecule has 0 aliphatic rings. The fourth-order valence-electron chi connectivity index (χ4n) is 4.58. The highest BCUT2D eigenvalue weighted by Gasteiger charge is 2.27. The summed E-state index contributed by atoms with van der Waals surface area (Å²) in [5, 5.41) is 5.20. The molecular formula is C29H26BBr. The molecule has 0 bridgehead atoms. The molecule has 0 unspecified atom stereocenters. The first-order chi connectivity index (χ1) is 15.0. The van der Waals surface area contributed by atoms with Crippen molar-refractivity contribution in [2.75, 3.05) is 0 Å². The molecule has 0 aromatic heterocycles. The highest BCUT2D eigenvalue weighted by Crippen LogP contribution is 2.21. The van der Waals surface area contributed by atoms with Crippen LogP contribution >= 0.6 is 15.9 Å². The van der Waals surface area contributed by atoms with Crippen LogP contribution in [0.2, 0.25) is 0 Å². The van der Waals surface area contributed by atoms with Gasteiger partial charge in [-0.15, -0.1) is 0 Å². The molecule has 4 rings (SSSR count). The Labute approximate surface area is 194 Å². The van der Waals surface area contributed by atoms with Crippen LogP contribution in [0.25, 0.3) is 21.5 Å². The van der Waals surface area contributed by atoms with Crippen molar-refractivity contribution in [3.8, 4) is 0 Å². The number of halogens is 1. The van der Waals surface area contributed by atoms with E-state index in [2.05, 4.69) is 128 Å². The molecule has 152 valence electrons. The second-order valence-corrected chi connectivity index (χ2v) is 9.20. The minimum Gasteiger partial charge on any atom is -0.0938 e. The number of fused-ring (bicyclic) bond motifs is 2. The van der Waals surface area contributed by atoms with E-state index in [1.807, 2.05) is 6.08 Å². The number of hydrogen-bond acceptors (Lipinski definition) is 0. The summed E-state index contributed by atoms with van der Waals surface area (Å²) in [5.74, 6) is 0. The van der Waals surface area contributed by atoms with Crippen molar-refractivity contribution in [3.05, 3.63) is 119 Å². The number of hydrogen-bond donors (Lipinski definition) is 0. The maximum Gasteiger partial charge on any atom is 0.239 e. The van der Waals surface area contributed by atoms with Gasteiger partial charge in [0.1, 0.15) is 0 Å². The van der Waals surface area contributed by atoms with Gasteiger partial charge < -0.3 is 0 Å². The maximum absolute atomic E-state index is 3.92. The van der Waals surface area contributed by atoms with Crippen molar-refractivity contribution < 1.29 is 0 Å². The van der Waals surface area contributed by atoms with Crippen LogP contribution in [0, 0.1) is 13.8 Å². The SMILES string of the molecule is C=C(Br)/C=C\C=C(/C)B(c1c(C)ccc2ccccc12)c1c(C)ccc2ccccc12. The van der Waals surface area contributed by atoms with Crippen molar-refractivity contribution in [1.82, 2.24) is 0 Å². The number of allylic oxidation sites excluding steroid dienone is 5. The third-order valence-corrected chi connectivity index (χ3v) is 6.31. The molecule has 0 radical (unpaired) electrons. The standard InChI is InChI=1S/C29H26BBr/c1-20-16-18-24-12-5-7-14-26(24)28(20)30(22(3)10-9-11-23(4)31)29-21(2)17-19-25-13-6-8-15-27(25)29/h5-19H,4H2,1-3H3/b11-9-,22-10+. The first-order valence-electron chi connectivity index (χ1n) is 10.6. The van der Waals surface area contributed by atoms with Gasteiger partial charge in [0.2, 0.25) is 6.71 Å². The van der Waals surface area contributed by atoms with Crippen LogP contribution in [0.15, 0.2) is 108 Å². The van der Waals surface area contributed by atoms with Gasteiger partial charge in [0.25, 0.3) is 0 Å². The summed E-state index contributed by atoms with van der Waals surface area (Å²) >= 11 is 3.43. The van der Waals surface area contributed by atoms with E-state index < -0.39 is 0 Å². The van der Waals surface area contributed by atoms with E-state index in [1.54, 1.807) is 0 Å². The van der Waals surface area contributed by atoms with Crippen molar-refractivity contribution in [2.24, 2.45) is 0 Å². The van der Waals surface area contributed by atoms with Gasteiger partial charge in [-0.25, -0.2) is 0 Å². The summed E-state index contributed by atoms with van der Waals surface area (Å²) in [4.78, 5) is 0. The topological polar surface area (TPSA) is 0 Å². The Balaban J connectivity index is 2.08. The molecule has 0 atom stereocenters. The number of benzene rings is 4. The molecule has 0 spiro atoms. The van der Waals surface area contributed by atoms with Crippen LogP contribution in [-0.4, -0.2) is 6.71 Å². The average molecular weight is 465 g/mol. The van der Waals surface area contributed by atoms with Crippen LogP contribution in [0.4, 0.5) is 0 Å². The highest BCUT2D eigenvalue weighted by molar-refractivity contribution is 9.11. The Bertz CT molecular complexity index is 1260. The van der Waals surface area contributed by atoms with Gasteiger partial charge in [0.05, 0.1) is 0 Å². The zero-order valence-corrected chi connectivity index (χ0v) is 19.9. The monoisotopic (exact) mass is 464 g/mol. The third-order valence-electron chi connectivity index (χ3n) is 6.05. The number of rotatable bonds is 5. The van der Waals surface area contributed by atoms with E-state index in [0.29, 0.717) is 0 Å². The van der Waals surface area contributed by atoms with E-state index >= 15 is 0 Å². The highest BCUT2D eigenvalue weighted by atomic mass is 79.9. The molecule has 0 saturated heterocycles. The Morgan fingerprint density at radius 1 is 0.774 bits per heavy atom. The Morgan fingerprint density at radius 3 is 1.74 bits per heavy atom. The first kappa shape index (κ1) is 21.4. The minimum atomic E-state index is 0.158. The predicted molar refractivity (Wildman–Crippen MR) is 143 cm³/mol. The van der Waals surface area contributed by atoms with Gasteiger partial charge in [-0.3, -0.25) is 0 Å². The van der Waals surface area contributed by atoms with E-state index in [0.717, 1.165) is 4.48 Å². The number of aryl methyl sites for hydroxylation is 2. The Morgan fingerprint density at radius 2 is 1.26 bits per heavy atom. The zero-order chi connectivity index (χ0) is 22.0. The molecule has 0 N–H and O–H groups in total. The summed E-state index contributed by atoms with van der Waals surface area (Å²) in [6.07, 6.45) is 6.30. The van der Waals surface area contributed by atoms with E-state index in [4.69, 9.17) is 0 Å². The molecule has 0 amide bonds. The lowest BCUT2D eigenvalue weighted by atomic mass is 9.34. The normalized spacial score (nSPS) is 12.1. The zero-order valence-electron chi connectivity index (χ0n) is 18.3. The predicted octanol–water partition coefficient (Wildman–Crippen LogP) is 7.17. The second-order valence-electron chi connectivity index (χ2n) is 8.18. The first-order valence-corrected chi connectivity index (χ1v) is 11.4. The van der Waals surface area contributed by atoms with Crippen LogP contribution in [0.3, 0.4) is 0 Å². The maximum atomic E-state index is 3.92. The van der Waals surface area contributed by atoms with Crippen LogP contribution in [-0.2, 0) is 0 Å². The summed E-state index contributed by atoms with van der Waals surface area (Å²) in [6, 6.07) is 26.4. The summed E-state index contributed by atoms with van der Waals surface area (Å²) in [5.41, 5.74) is 6.72. The largest absolute Gasteiger partial charge is 0.239 e. The van der Waals surface area contributed by atoms with Gasteiger partial charge in [-0.05, 0) is 41.5 Å². The van der Waals surface area contributed by atoms with E-state index in [9.17, 15) is 0 Å². The molecule has 0 aliphatic carbocycles. The second kappa shape index (κ2) is 9.12. The minimum absolute atomic E-state index is 0.158. The van der Waals surface area contributed by atoms with Crippen molar-refractivity contribution in [2.45, 2.75) is 20.8 Å². The Hall–Kier alpha value is -2.84. The van der Waals surface area contributed by atoms with Crippen LogP contribution in [0.1, 0.15) is 18.1 Å².